The predicted octanol–water partition coefficient (Wildman–Crippen LogP) is 7.24. The first-order valence-corrected chi connectivity index (χ1v) is 15.3. The molecule has 0 aromatic carbocycles. The number of carbonyl (C=O) groups excluding carboxylic acids is 1. The van der Waals surface area contributed by atoms with Crippen molar-refractivity contribution in [3.63, 3.8) is 0 Å². The number of esters is 1. The van der Waals surface area contributed by atoms with Crippen molar-refractivity contribution in [1.29, 1.82) is 0 Å². The largest absolute Gasteiger partial charge is 0.469 e. The lowest BCUT2D eigenvalue weighted by Crippen LogP contribution is -2.45. The number of unbranched alkanes of at least 4 members (excludes halogenated alkanes) is 8. The van der Waals surface area contributed by atoms with Crippen molar-refractivity contribution in [2.24, 2.45) is 0 Å². The van der Waals surface area contributed by atoms with E-state index in [2.05, 4.69) is 40.8 Å². The zero-order valence-electron chi connectivity index (χ0n) is 21.9. The third-order valence-corrected chi connectivity index (χ3v) is 11.0. The molecule has 186 valence electrons. The van der Waals surface area contributed by atoms with Crippen LogP contribution in [0.2, 0.25) is 18.1 Å². The Morgan fingerprint density at radius 1 is 0.871 bits per heavy atom. The Balaban J connectivity index is 4.69. The van der Waals surface area contributed by atoms with E-state index < -0.39 is 8.32 Å². The number of ether oxygens (including phenoxy) is 3. The Morgan fingerprint density at radius 3 is 1.90 bits per heavy atom. The molecule has 0 radical (unpaired) electrons. The summed E-state index contributed by atoms with van der Waals surface area (Å²) >= 11 is 0. The van der Waals surface area contributed by atoms with Gasteiger partial charge in [0.25, 0.3) is 0 Å². The van der Waals surface area contributed by atoms with E-state index in [1.165, 1.54) is 58.5 Å². The van der Waals surface area contributed by atoms with Crippen LogP contribution in [0.5, 0.6) is 0 Å². The van der Waals surface area contributed by atoms with Gasteiger partial charge in [-0.2, -0.15) is 0 Å². The first-order valence-electron chi connectivity index (χ1n) is 12.4. The van der Waals surface area contributed by atoms with Gasteiger partial charge in [0.05, 0.1) is 25.7 Å². The van der Waals surface area contributed by atoms with Crippen molar-refractivity contribution >= 4 is 14.3 Å². The standard InChI is InChI=1S/C25H52O5Si/c1-9-10-11-12-13-14-15-16-17-18-22(29-21-27-5)19-23(20-24(26)28-6)30-31(7,8)25(2,3)4/h22-23H,9-21H2,1-8H3/t22-,23+/m1/s1. The molecular weight excluding hydrogens is 408 g/mol. The van der Waals surface area contributed by atoms with Gasteiger partial charge in [-0.1, -0.05) is 85.5 Å². The molecule has 0 aromatic heterocycles. The highest BCUT2D eigenvalue weighted by molar-refractivity contribution is 6.74. The maximum absolute atomic E-state index is 12.0. The second-order valence-electron chi connectivity index (χ2n) is 10.3. The molecule has 0 saturated carbocycles. The van der Waals surface area contributed by atoms with E-state index in [9.17, 15) is 4.79 Å². The number of hydrogen-bond donors (Lipinski definition) is 0. The van der Waals surface area contributed by atoms with Crippen molar-refractivity contribution in [1.82, 2.24) is 0 Å². The van der Waals surface area contributed by atoms with Crippen LogP contribution in [0.3, 0.4) is 0 Å². The van der Waals surface area contributed by atoms with Crippen molar-refractivity contribution in [3.8, 4) is 0 Å². The van der Waals surface area contributed by atoms with E-state index >= 15 is 0 Å². The molecule has 0 heterocycles. The summed E-state index contributed by atoms with van der Waals surface area (Å²) in [6, 6.07) is 0. The SMILES string of the molecule is CCCCCCCCCCC[C@H](C[C@@H](CC(=O)OC)O[Si](C)(C)C(C)(C)C)OCOC. The van der Waals surface area contributed by atoms with Gasteiger partial charge >= 0.3 is 5.97 Å². The maximum Gasteiger partial charge on any atom is 0.308 e. The summed E-state index contributed by atoms with van der Waals surface area (Å²) in [6.07, 6.45) is 13.5. The van der Waals surface area contributed by atoms with E-state index in [0.29, 0.717) is 6.42 Å². The molecule has 5 nitrogen and oxygen atoms in total. The summed E-state index contributed by atoms with van der Waals surface area (Å²) in [5.41, 5.74) is 0. The molecule has 0 bridgehead atoms. The number of hydrogen-bond acceptors (Lipinski definition) is 5. The number of rotatable bonds is 19. The molecule has 2 atom stereocenters. The molecular formula is C25H52O5Si. The molecule has 0 unspecified atom stereocenters. The van der Waals surface area contributed by atoms with Gasteiger partial charge in [0, 0.05) is 7.11 Å². The summed E-state index contributed by atoms with van der Waals surface area (Å²) in [5, 5.41) is 0.0847. The maximum atomic E-state index is 12.0. The molecule has 0 aliphatic rings. The highest BCUT2D eigenvalue weighted by Gasteiger charge is 2.40. The van der Waals surface area contributed by atoms with E-state index in [1.807, 2.05) is 0 Å². The van der Waals surface area contributed by atoms with Crippen molar-refractivity contribution < 1.29 is 23.4 Å². The minimum absolute atomic E-state index is 0.0314. The van der Waals surface area contributed by atoms with Crippen LogP contribution >= 0.6 is 0 Å². The lowest BCUT2D eigenvalue weighted by Gasteiger charge is -2.39. The fourth-order valence-electron chi connectivity index (χ4n) is 3.45. The highest BCUT2D eigenvalue weighted by Crippen LogP contribution is 2.38. The van der Waals surface area contributed by atoms with Crippen molar-refractivity contribution in [2.45, 2.75) is 135 Å². The van der Waals surface area contributed by atoms with Crippen LogP contribution in [0.4, 0.5) is 0 Å². The molecule has 31 heavy (non-hydrogen) atoms. The van der Waals surface area contributed by atoms with Crippen LogP contribution in [0.1, 0.15) is 105 Å². The predicted molar refractivity (Wildman–Crippen MR) is 132 cm³/mol. The summed E-state index contributed by atoms with van der Waals surface area (Å²) in [4.78, 5) is 12.0. The van der Waals surface area contributed by atoms with Gasteiger partial charge in [0.1, 0.15) is 6.79 Å². The van der Waals surface area contributed by atoms with Crippen LogP contribution in [0, 0.1) is 0 Å². The molecule has 0 rings (SSSR count). The van der Waals surface area contributed by atoms with E-state index in [0.717, 1.165) is 12.8 Å². The molecule has 0 aliphatic heterocycles. The lowest BCUT2D eigenvalue weighted by atomic mass is 10.0. The monoisotopic (exact) mass is 460 g/mol. The van der Waals surface area contributed by atoms with Gasteiger partial charge in [-0.3, -0.25) is 4.79 Å². The molecule has 0 aliphatic carbocycles. The Morgan fingerprint density at radius 2 is 1.42 bits per heavy atom. The second-order valence-corrected chi connectivity index (χ2v) is 15.1. The van der Waals surface area contributed by atoms with Gasteiger partial charge in [0.15, 0.2) is 8.32 Å². The van der Waals surface area contributed by atoms with E-state index in [1.54, 1.807) is 7.11 Å². The lowest BCUT2D eigenvalue weighted by molar-refractivity contribution is -0.143. The quantitative estimate of drug-likeness (QED) is 0.0880. The third kappa shape index (κ3) is 15.1. The van der Waals surface area contributed by atoms with Gasteiger partial charge in [-0.05, 0) is 31.0 Å². The van der Waals surface area contributed by atoms with E-state index in [-0.39, 0.29) is 36.4 Å². The first-order chi connectivity index (χ1) is 14.6. The zero-order valence-corrected chi connectivity index (χ0v) is 22.9. The highest BCUT2D eigenvalue weighted by atomic mass is 28.4. The van der Waals surface area contributed by atoms with Gasteiger partial charge in [-0.15, -0.1) is 0 Å². The van der Waals surface area contributed by atoms with Crippen LogP contribution < -0.4 is 0 Å². The Kier molecular flexibility index (Phi) is 16.9. The number of methoxy groups -OCH3 is 2. The molecule has 0 fully saturated rings. The summed E-state index contributed by atoms with van der Waals surface area (Å²) in [6.45, 7) is 13.6. The normalized spacial score (nSPS) is 14.5. The first kappa shape index (κ1) is 30.6. The molecule has 0 aromatic rings. The Hall–Kier alpha value is -0.433. The minimum Gasteiger partial charge on any atom is -0.469 e. The Labute approximate surface area is 194 Å². The van der Waals surface area contributed by atoms with Crippen LogP contribution in [-0.4, -0.2) is 47.5 Å². The average Bonchev–Trinajstić information content (AvgIpc) is 2.69. The van der Waals surface area contributed by atoms with Crippen molar-refractivity contribution in [2.75, 3.05) is 21.0 Å². The van der Waals surface area contributed by atoms with Gasteiger partial charge in [-0.25, -0.2) is 0 Å². The fraction of sp³-hybridized carbons (Fsp3) is 0.960. The Bertz CT molecular complexity index is 448. The molecule has 6 heteroatoms. The molecule has 0 N–H and O–H groups in total. The second kappa shape index (κ2) is 17.1. The summed E-state index contributed by atoms with van der Waals surface area (Å²) in [5.74, 6) is -0.225. The van der Waals surface area contributed by atoms with Crippen molar-refractivity contribution in [3.05, 3.63) is 0 Å². The van der Waals surface area contributed by atoms with Crippen LogP contribution in [-0.2, 0) is 23.4 Å². The summed E-state index contributed by atoms with van der Waals surface area (Å²) < 4.78 is 22.7. The average molecular weight is 461 g/mol. The minimum atomic E-state index is -2.00. The smallest absolute Gasteiger partial charge is 0.308 e. The summed E-state index contributed by atoms with van der Waals surface area (Å²) in [7, 11) is 1.08. The van der Waals surface area contributed by atoms with Crippen LogP contribution in [0.15, 0.2) is 0 Å². The molecule has 0 amide bonds. The van der Waals surface area contributed by atoms with Crippen LogP contribution in [0.25, 0.3) is 0 Å². The van der Waals surface area contributed by atoms with Gasteiger partial charge in [0.2, 0.25) is 0 Å². The number of carbonyl (C=O) groups is 1. The molecule has 0 saturated heterocycles. The third-order valence-electron chi connectivity index (χ3n) is 6.47. The van der Waals surface area contributed by atoms with Gasteiger partial charge < -0.3 is 18.6 Å². The fourth-order valence-corrected chi connectivity index (χ4v) is 4.81. The molecule has 0 spiro atoms. The van der Waals surface area contributed by atoms with E-state index in [4.69, 9.17) is 18.6 Å². The zero-order chi connectivity index (χ0) is 23.8. The topological polar surface area (TPSA) is 54.0 Å².